The SMILES string of the molecule is Cc1cc(C)n(-c2cc(NCCNC(=O)C3(c4ccc(Cl)cc4)CCCC3)nc(C)n2)n1. The summed E-state index contributed by atoms with van der Waals surface area (Å²) in [5.41, 5.74) is 2.55. The van der Waals surface area contributed by atoms with Gasteiger partial charge in [-0.25, -0.2) is 14.6 Å². The van der Waals surface area contributed by atoms with E-state index in [0.29, 0.717) is 29.8 Å². The highest BCUT2D eigenvalue weighted by molar-refractivity contribution is 6.30. The van der Waals surface area contributed by atoms with E-state index in [2.05, 4.69) is 25.7 Å². The highest BCUT2D eigenvalue weighted by Crippen LogP contribution is 2.41. The number of nitrogens with one attached hydrogen (secondary N) is 2. The number of benzene rings is 1. The van der Waals surface area contributed by atoms with Gasteiger partial charge in [-0.05, 0) is 57.4 Å². The molecule has 1 amide bonds. The Labute approximate surface area is 193 Å². The molecule has 0 bridgehead atoms. The molecule has 7 nitrogen and oxygen atoms in total. The Hall–Kier alpha value is -2.93. The normalized spacial score (nSPS) is 15.0. The molecule has 168 valence electrons. The number of aromatic nitrogens is 4. The van der Waals surface area contributed by atoms with Gasteiger partial charge in [0.05, 0.1) is 11.1 Å². The molecule has 32 heavy (non-hydrogen) atoms. The van der Waals surface area contributed by atoms with E-state index in [-0.39, 0.29) is 5.91 Å². The van der Waals surface area contributed by atoms with Gasteiger partial charge in [-0.1, -0.05) is 36.6 Å². The van der Waals surface area contributed by atoms with Crippen LogP contribution in [0.2, 0.25) is 5.02 Å². The monoisotopic (exact) mass is 452 g/mol. The summed E-state index contributed by atoms with van der Waals surface area (Å²) in [6.45, 7) is 6.89. The fourth-order valence-electron chi connectivity index (χ4n) is 4.54. The zero-order valence-corrected chi connectivity index (χ0v) is 19.5. The summed E-state index contributed by atoms with van der Waals surface area (Å²) in [7, 11) is 0. The van der Waals surface area contributed by atoms with Crippen LogP contribution in [0, 0.1) is 20.8 Å². The lowest BCUT2D eigenvalue weighted by atomic mass is 9.78. The number of rotatable bonds is 7. The summed E-state index contributed by atoms with van der Waals surface area (Å²) in [6.07, 6.45) is 3.85. The van der Waals surface area contributed by atoms with Crippen LogP contribution in [0.25, 0.3) is 5.82 Å². The van der Waals surface area contributed by atoms with Gasteiger partial charge in [-0.15, -0.1) is 0 Å². The minimum atomic E-state index is -0.460. The Morgan fingerprint density at radius 1 is 1.06 bits per heavy atom. The van der Waals surface area contributed by atoms with E-state index in [0.717, 1.165) is 48.5 Å². The molecule has 1 saturated carbocycles. The molecule has 1 aromatic carbocycles. The highest BCUT2D eigenvalue weighted by atomic mass is 35.5. The van der Waals surface area contributed by atoms with Gasteiger partial charge in [0.15, 0.2) is 5.82 Å². The molecule has 0 spiro atoms. The number of hydrogen-bond donors (Lipinski definition) is 2. The second-order valence-corrected chi connectivity index (χ2v) is 8.91. The lowest BCUT2D eigenvalue weighted by Crippen LogP contribution is -2.44. The van der Waals surface area contributed by atoms with E-state index in [9.17, 15) is 4.79 Å². The molecule has 2 aromatic heterocycles. The topological polar surface area (TPSA) is 84.7 Å². The van der Waals surface area contributed by atoms with Gasteiger partial charge >= 0.3 is 0 Å². The average molecular weight is 453 g/mol. The number of carbonyl (C=O) groups is 1. The van der Waals surface area contributed by atoms with E-state index in [1.165, 1.54) is 0 Å². The number of carbonyl (C=O) groups excluding carboxylic acids is 1. The Balaban J connectivity index is 1.39. The molecule has 0 unspecified atom stereocenters. The Kier molecular flexibility index (Phi) is 6.46. The molecule has 1 aliphatic carbocycles. The van der Waals surface area contributed by atoms with Gasteiger partial charge in [-0.2, -0.15) is 5.10 Å². The van der Waals surface area contributed by atoms with E-state index in [1.54, 1.807) is 0 Å². The zero-order chi connectivity index (χ0) is 22.7. The molecule has 2 N–H and O–H groups in total. The number of nitrogens with zero attached hydrogens (tertiary/aromatic N) is 4. The molecule has 1 fully saturated rings. The first-order valence-corrected chi connectivity index (χ1v) is 11.4. The van der Waals surface area contributed by atoms with Crippen LogP contribution >= 0.6 is 11.6 Å². The van der Waals surface area contributed by atoms with Gasteiger partial charge in [-0.3, -0.25) is 4.79 Å². The second-order valence-electron chi connectivity index (χ2n) is 8.48. The number of hydrogen-bond acceptors (Lipinski definition) is 5. The van der Waals surface area contributed by atoms with Crippen LogP contribution in [0.3, 0.4) is 0 Å². The fraction of sp³-hybridized carbons (Fsp3) is 0.417. The molecule has 1 aliphatic rings. The molecule has 8 heteroatoms. The van der Waals surface area contributed by atoms with Crippen LogP contribution in [0.1, 0.15) is 48.5 Å². The van der Waals surface area contributed by atoms with Crippen molar-refractivity contribution in [2.45, 2.75) is 51.9 Å². The summed E-state index contributed by atoms with van der Waals surface area (Å²) in [4.78, 5) is 22.2. The largest absolute Gasteiger partial charge is 0.368 e. The molecule has 3 aromatic rings. The summed E-state index contributed by atoms with van der Waals surface area (Å²) in [5.74, 6) is 2.18. The van der Waals surface area contributed by atoms with Crippen molar-refractivity contribution in [3.63, 3.8) is 0 Å². The molecule has 4 rings (SSSR count). The van der Waals surface area contributed by atoms with Gasteiger partial charge in [0.1, 0.15) is 11.6 Å². The summed E-state index contributed by atoms with van der Waals surface area (Å²) in [6, 6.07) is 11.6. The maximum Gasteiger partial charge on any atom is 0.230 e. The highest BCUT2D eigenvalue weighted by Gasteiger charge is 2.42. The van der Waals surface area contributed by atoms with Gasteiger partial charge in [0, 0.05) is 29.9 Å². The Morgan fingerprint density at radius 3 is 2.44 bits per heavy atom. The van der Waals surface area contributed by atoms with Crippen LogP contribution in [0.4, 0.5) is 5.82 Å². The molecule has 2 heterocycles. The van der Waals surface area contributed by atoms with Crippen LogP contribution in [-0.2, 0) is 10.2 Å². The number of halogens is 1. The zero-order valence-electron chi connectivity index (χ0n) is 18.8. The average Bonchev–Trinajstić information content (AvgIpc) is 3.38. The lowest BCUT2D eigenvalue weighted by molar-refractivity contribution is -0.126. The third kappa shape index (κ3) is 4.63. The Morgan fingerprint density at radius 2 is 1.78 bits per heavy atom. The van der Waals surface area contributed by atoms with Gasteiger partial charge in [0.2, 0.25) is 5.91 Å². The van der Waals surface area contributed by atoms with E-state index >= 15 is 0 Å². The maximum absolute atomic E-state index is 13.2. The van der Waals surface area contributed by atoms with E-state index in [4.69, 9.17) is 11.6 Å². The minimum Gasteiger partial charge on any atom is -0.368 e. The predicted molar refractivity (Wildman–Crippen MR) is 126 cm³/mol. The standard InChI is InChI=1S/C24H29ClN6O/c1-16-14-17(2)31(30-16)22-15-21(28-18(3)29-22)26-12-13-27-23(32)24(10-4-5-11-24)19-6-8-20(25)9-7-19/h6-9,14-15H,4-5,10-13H2,1-3H3,(H,27,32)(H,26,28,29). The third-order valence-electron chi connectivity index (χ3n) is 6.06. The first-order chi connectivity index (χ1) is 15.4. The van der Waals surface area contributed by atoms with Crippen LogP contribution < -0.4 is 10.6 Å². The summed E-state index contributed by atoms with van der Waals surface area (Å²) < 4.78 is 1.81. The van der Waals surface area contributed by atoms with Gasteiger partial charge < -0.3 is 10.6 Å². The first kappa shape index (κ1) is 22.3. The van der Waals surface area contributed by atoms with Crippen molar-refractivity contribution >= 4 is 23.3 Å². The lowest BCUT2D eigenvalue weighted by Gasteiger charge is -2.28. The summed E-state index contributed by atoms with van der Waals surface area (Å²) >= 11 is 6.05. The maximum atomic E-state index is 13.2. The fourth-order valence-corrected chi connectivity index (χ4v) is 4.67. The first-order valence-electron chi connectivity index (χ1n) is 11.0. The van der Waals surface area contributed by atoms with Crippen LogP contribution in [0.5, 0.6) is 0 Å². The molecule has 0 atom stereocenters. The Bertz CT molecular complexity index is 1100. The second kappa shape index (κ2) is 9.28. The number of anilines is 1. The number of aryl methyl sites for hydroxylation is 3. The van der Waals surface area contributed by atoms with Crippen molar-refractivity contribution in [3.8, 4) is 5.82 Å². The van der Waals surface area contributed by atoms with Crippen molar-refractivity contribution in [1.82, 2.24) is 25.1 Å². The van der Waals surface area contributed by atoms with E-state index in [1.807, 2.05) is 61.9 Å². The summed E-state index contributed by atoms with van der Waals surface area (Å²) in [5, 5.41) is 11.6. The van der Waals surface area contributed by atoms with Crippen molar-refractivity contribution in [2.75, 3.05) is 18.4 Å². The van der Waals surface area contributed by atoms with Crippen molar-refractivity contribution in [1.29, 1.82) is 0 Å². The predicted octanol–water partition coefficient (Wildman–Crippen LogP) is 4.28. The van der Waals surface area contributed by atoms with E-state index < -0.39 is 5.41 Å². The molecule has 0 saturated heterocycles. The van der Waals surface area contributed by atoms with Crippen LogP contribution in [-0.4, -0.2) is 38.7 Å². The minimum absolute atomic E-state index is 0.0846. The molecular weight excluding hydrogens is 424 g/mol. The molecule has 0 radical (unpaired) electrons. The third-order valence-corrected chi connectivity index (χ3v) is 6.31. The number of amides is 1. The molecule has 0 aliphatic heterocycles. The quantitative estimate of drug-likeness (QED) is 0.522. The van der Waals surface area contributed by atoms with Gasteiger partial charge in [0.25, 0.3) is 0 Å². The van der Waals surface area contributed by atoms with Crippen molar-refractivity contribution in [2.24, 2.45) is 0 Å². The van der Waals surface area contributed by atoms with Crippen molar-refractivity contribution in [3.05, 3.63) is 64.2 Å². The van der Waals surface area contributed by atoms with Crippen molar-refractivity contribution < 1.29 is 4.79 Å². The smallest absolute Gasteiger partial charge is 0.230 e. The van der Waals surface area contributed by atoms with Crippen LogP contribution in [0.15, 0.2) is 36.4 Å². The molecular formula is C24H29ClN6O.